The normalized spacial score (nSPS) is 10.9. The van der Waals surface area contributed by atoms with Gasteiger partial charge in [0.05, 0.1) is 13.0 Å². The van der Waals surface area contributed by atoms with E-state index in [9.17, 15) is 4.79 Å². The van der Waals surface area contributed by atoms with E-state index in [1.165, 1.54) is 0 Å². The van der Waals surface area contributed by atoms with Crippen LogP contribution in [0.3, 0.4) is 0 Å². The molecule has 0 aliphatic heterocycles. The van der Waals surface area contributed by atoms with Crippen LogP contribution in [0.5, 0.6) is 11.5 Å². The first-order valence-corrected chi connectivity index (χ1v) is 5.61. The van der Waals surface area contributed by atoms with Crippen molar-refractivity contribution in [3.8, 4) is 11.5 Å². The minimum Gasteiger partial charge on any atom is -0.493 e. The molecule has 0 fully saturated rings. The molecule has 0 saturated carbocycles. The average Bonchev–Trinajstić information content (AvgIpc) is 2.31. The Morgan fingerprint density at radius 2 is 2.00 bits per heavy atom. The number of rotatable bonds is 4. The van der Waals surface area contributed by atoms with Crippen LogP contribution in [0.15, 0.2) is 24.3 Å². The molecule has 3 heteroatoms. The van der Waals surface area contributed by atoms with E-state index in [4.69, 9.17) is 9.47 Å². The molecule has 0 N–H and O–H groups in total. The molecule has 0 radical (unpaired) electrons. The van der Waals surface area contributed by atoms with E-state index in [1.807, 2.05) is 31.2 Å². The fourth-order valence-electron chi connectivity index (χ4n) is 1.29. The summed E-state index contributed by atoms with van der Waals surface area (Å²) in [6.07, 6.45) is 3.89. The molecule has 0 aliphatic carbocycles. The summed E-state index contributed by atoms with van der Waals surface area (Å²) in [6, 6.07) is 5.46. The monoisotopic (exact) mass is 234 g/mol. The predicted octanol–water partition coefficient (Wildman–Crippen LogP) is 3.29. The third kappa shape index (κ3) is 3.63. The number of methoxy groups -OCH3 is 1. The van der Waals surface area contributed by atoms with E-state index in [1.54, 1.807) is 27.0 Å². The zero-order valence-electron chi connectivity index (χ0n) is 10.7. The quantitative estimate of drug-likeness (QED) is 0.592. The maximum atomic E-state index is 11.5. The predicted molar refractivity (Wildman–Crippen MR) is 68.2 cm³/mol. The third-order valence-corrected chi connectivity index (χ3v) is 2.23. The molecule has 0 spiro atoms. The van der Waals surface area contributed by atoms with Crippen molar-refractivity contribution in [1.29, 1.82) is 0 Å². The summed E-state index contributed by atoms with van der Waals surface area (Å²) < 4.78 is 10.4. The zero-order chi connectivity index (χ0) is 12.8. The van der Waals surface area contributed by atoms with E-state index in [0.29, 0.717) is 11.5 Å². The minimum absolute atomic E-state index is 0.157. The Labute approximate surface area is 102 Å². The summed E-state index contributed by atoms with van der Waals surface area (Å²) in [5.41, 5.74) is 1.01. The van der Waals surface area contributed by atoms with Crippen LogP contribution in [-0.4, -0.2) is 13.1 Å². The number of benzene rings is 1. The number of hydrogen-bond donors (Lipinski definition) is 0. The molecule has 0 heterocycles. The van der Waals surface area contributed by atoms with Gasteiger partial charge in [-0.05, 0) is 24.6 Å². The minimum atomic E-state index is -0.262. The lowest BCUT2D eigenvalue weighted by Gasteiger charge is -2.11. The van der Waals surface area contributed by atoms with Crippen molar-refractivity contribution in [3.63, 3.8) is 0 Å². The lowest BCUT2D eigenvalue weighted by atomic mass is 10.2. The highest BCUT2D eigenvalue weighted by atomic mass is 16.6. The number of hydrogen-bond acceptors (Lipinski definition) is 3. The zero-order valence-corrected chi connectivity index (χ0v) is 10.7. The fraction of sp³-hybridized carbons (Fsp3) is 0.357. The van der Waals surface area contributed by atoms with E-state index < -0.39 is 0 Å². The van der Waals surface area contributed by atoms with Gasteiger partial charge in [-0.2, -0.15) is 0 Å². The highest BCUT2D eigenvalue weighted by molar-refractivity contribution is 5.75. The molecule has 0 saturated heterocycles. The van der Waals surface area contributed by atoms with Gasteiger partial charge in [0.2, 0.25) is 0 Å². The molecular formula is C14H18O3. The Morgan fingerprint density at radius 3 is 2.53 bits per heavy atom. The molecule has 17 heavy (non-hydrogen) atoms. The molecule has 1 aromatic carbocycles. The molecule has 0 bridgehead atoms. The number of allylic oxidation sites excluding steroid dienone is 1. The second-order valence-corrected chi connectivity index (χ2v) is 3.99. The van der Waals surface area contributed by atoms with Crippen molar-refractivity contribution >= 4 is 12.0 Å². The summed E-state index contributed by atoms with van der Waals surface area (Å²) in [7, 11) is 1.56. The first kappa shape index (κ1) is 13.3. The molecule has 0 aromatic heterocycles. The van der Waals surface area contributed by atoms with Gasteiger partial charge in [0.25, 0.3) is 0 Å². The van der Waals surface area contributed by atoms with Gasteiger partial charge in [-0.25, -0.2) is 0 Å². The van der Waals surface area contributed by atoms with Gasteiger partial charge in [0.15, 0.2) is 11.5 Å². The highest BCUT2D eigenvalue weighted by Crippen LogP contribution is 2.29. The van der Waals surface area contributed by atoms with Crippen molar-refractivity contribution in [3.05, 3.63) is 29.8 Å². The van der Waals surface area contributed by atoms with Gasteiger partial charge in [0.1, 0.15) is 0 Å². The Balaban J connectivity index is 2.96. The third-order valence-electron chi connectivity index (χ3n) is 2.23. The number of carbonyl (C=O) groups is 1. The van der Waals surface area contributed by atoms with Crippen LogP contribution in [0, 0.1) is 5.92 Å². The lowest BCUT2D eigenvalue weighted by Crippen LogP contribution is -2.15. The second kappa shape index (κ2) is 6.09. The Hall–Kier alpha value is -1.77. The van der Waals surface area contributed by atoms with Gasteiger partial charge >= 0.3 is 5.97 Å². The van der Waals surface area contributed by atoms with Gasteiger partial charge in [-0.3, -0.25) is 4.79 Å². The topological polar surface area (TPSA) is 35.5 Å². The Kier molecular flexibility index (Phi) is 4.76. The first-order chi connectivity index (χ1) is 8.08. The van der Waals surface area contributed by atoms with Crippen LogP contribution in [0.25, 0.3) is 6.08 Å². The summed E-state index contributed by atoms with van der Waals surface area (Å²) in [5.74, 6) is 0.603. The molecule has 1 rings (SSSR count). The van der Waals surface area contributed by atoms with Crippen molar-refractivity contribution in [2.75, 3.05) is 7.11 Å². The molecular weight excluding hydrogens is 216 g/mol. The number of esters is 1. The van der Waals surface area contributed by atoms with Gasteiger partial charge in [-0.15, -0.1) is 0 Å². The lowest BCUT2D eigenvalue weighted by molar-refractivity contribution is -0.137. The van der Waals surface area contributed by atoms with Crippen molar-refractivity contribution < 1.29 is 14.3 Å². The summed E-state index contributed by atoms with van der Waals surface area (Å²) in [4.78, 5) is 11.5. The van der Waals surface area contributed by atoms with Crippen LogP contribution in [0.1, 0.15) is 26.3 Å². The van der Waals surface area contributed by atoms with Crippen LogP contribution in [0.4, 0.5) is 0 Å². The second-order valence-electron chi connectivity index (χ2n) is 3.99. The van der Waals surface area contributed by atoms with Crippen LogP contribution in [-0.2, 0) is 4.79 Å². The molecule has 1 aromatic rings. The van der Waals surface area contributed by atoms with Gasteiger partial charge < -0.3 is 9.47 Å². The first-order valence-electron chi connectivity index (χ1n) is 5.61. The van der Waals surface area contributed by atoms with E-state index >= 15 is 0 Å². The average molecular weight is 234 g/mol. The van der Waals surface area contributed by atoms with Crippen LogP contribution in [0.2, 0.25) is 0 Å². The largest absolute Gasteiger partial charge is 0.493 e. The van der Waals surface area contributed by atoms with E-state index in [0.717, 1.165) is 5.56 Å². The van der Waals surface area contributed by atoms with Crippen LogP contribution < -0.4 is 9.47 Å². The van der Waals surface area contributed by atoms with Crippen LogP contribution >= 0.6 is 0 Å². The van der Waals surface area contributed by atoms with Gasteiger partial charge in [-0.1, -0.05) is 32.1 Å². The SMILES string of the molecule is CC=Cc1ccc(OC(=O)C(C)C)c(OC)c1. The molecule has 0 unspecified atom stereocenters. The molecule has 3 nitrogen and oxygen atoms in total. The smallest absolute Gasteiger partial charge is 0.313 e. The maximum absolute atomic E-state index is 11.5. The summed E-state index contributed by atoms with van der Waals surface area (Å²) in [5, 5.41) is 0. The Bertz CT molecular complexity index is 419. The Morgan fingerprint density at radius 1 is 1.29 bits per heavy atom. The van der Waals surface area contributed by atoms with Crippen molar-refractivity contribution in [2.45, 2.75) is 20.8 Å². The fourth-order valence-corrected chi connectivity index (χ4v) is 1.29. The van der Waals surface area contributed by atoms with Gasteiger partial charge in [0, 0.05) is 0 Å². The molecule has 0 atom stereocenters. The number of ether oxygens (including phenoxy) is 2. The van der Waals surface area contributed by atoms with E-state index in [2.05, 4.69) is 0 Å². The summed E-state index contributed by atoms with van der Waals surface area (Å²) in [6.45, 7) is 5.53. The standard InChI is InChI=1S/C14H18O3/c1-5-6-11-7-8-12(13(9-11)16-4)17-14(15)10(2)3/h5-10H,1-4H3. The number of carbonyl (C=O) groups excluding carboxylic acids is 1. The molecule has 0 amide bonds. The highest BCUT2D eigenvalue weighted by Gasteiger charge is 2.13. The molecule has 92 valence electrons. The summed E-state index contributed by atoms with van der Waals surface area (Å²) >= 11 is 0. The maximum Gasteiger partial charge on any atom is 0.313 e. The van der Waals surface area contributed by atoms with Crippen molar-refractivity contribution in [2.24, 2.45) is 5.92 Å². The van der Waals surface area contributed by atoms with E-state index in [-0.39, 0.29) is 11.9 Å². The van der Waals surface area contributed by atoms with Crippen molar-refractivity contribution in [1.82, 2.24) is 0 Å². The molecule has 0 aliphatic rings.